The lowest BCUT2D eigenvalue weighted by Gasteiger charge is -1.82. The molecule has 0 amide bonds. The molecule has 0 aliphatic rings. The molecule has 0 aliphatic carbocycles. The molecule has 0 unspecified atom stereocenters. The van der Waals surface area contributed by atoms with Crippen molar-refractivity contribution in [3.63, 3.8) is 0 Å². The van der Waals surface area contributed by atoms with Crippen LogP contribution in [0.3, 0.4) is 0 Å². The van der Waals surface area contributed by atoms with Crippen molar-refractivity contribution < 1.29 is 19.2 Å². The number of hydrogen-bond donors (Lipinski definition) is 3. The van der Waals surface area contributed by atoms with Crippen LogP contribution in [0, 0.1) is 0 Å². The molecule has 0 atom stereocenters. The fourth-order valence-electron chi connectivity index (χ4n) is 0. The Morgan fingerprint density at radius 1 is 1.33 bits per heavy atom. The average Bonchev–Trinajstić information content (AvgIpc) is 1.19. The predicted molar refractivity (Wildman–Crippen MR) is 37.9 cm³/mol. The molecule has 0 saturated heterocycles. The van der Waals surface area contributed by atoms with Crippen molar-refractivity contribution in [1.82, 2.24) is 0 Å². The first-order valence-electron chi connectivity index (χ1n) is 2.51. The van der Waals surface area contributed by atoms with Crippen LogP contribution in [0.15, 0.2) is 0 Å². The minimum absolute atomic E-state index is 0.972. The summed E-state index contributed by atoms with van der Waals surface area (Å²) in [5.41, 5.74) is 0. The molecule has 6 heteroatoms. The Hall–Kier alpha value is 0.642. The highest BCUT2D eigenvalue weighted by molar-refractivity contribution is 7.45. The van der Waals surface area contributed by atoms with E-state index in [4.69, 9.17) is 19.2 Å². The summed E-state index contributed by atoms with van der Waals surface area (Å²) in [4.78, 5) is 21.6. The van der Waals surface area contributed by atoms with Crippen LogP contribution in [0.4, 0.5) is 0 Å². The summed E-state index contributed by atoms with van der Waals surface area (Å²) in [6, 6.07) is 0. The second kappa shape index (κ2) is 5.43. The Bertz CT molecular complexity index is 87.0. The molecule has 0 radical (unpaired) electrons. The second-order valence-electron chi connectivity index (χ2n) is 2.25. The number of hydrogen-bond acceptors (Lipinski definition) is 1. The van der Waals surface area contributed by atoms with E-state index >= 15 is 0 Å². The maximum absolute atomic E-state index is 8.88. The van der Waals surface area contributed by atoms with Gasteiger partial charge in [-0.05, 0) is 0 Å². The molecule has 3 N–H and O–H groups in total. The van der Waals surface area contributed by atoms with Gasteiger partial charge in [0.25, 0.3) is 0 Å². The van der Waals surface area contributed by atoms with E-state index in [9.17, 15) is 0 Å². The van der Waals surface area contributed by atoms with Gasteiger partial charge in [0.05, 0.1) is 0 Å². The minimum atomic E-state index is -4.64. The van der Waals surface area contributed by atoms with Crippen LogP contribution in [0.1, 0.15) is 13.8 Å². The molecule has 9 heavy (non-hydrogen) atoms. The largest absolute Gasteiger partial charge is 0.466 e. The van der Waals surface area contributed by atoms with E-state index < -0.39 is 7.82 Å². The fraction of sp³-hybridized carbons (Fsp3) is 1.00. The summed E-state index contributed by atoms with van der Waals surface area (Å²) in [5, 5.41) is 0. The molecule has 56 valence electrons. The van der Waals surface area contributed by atoms with E-state index in [1.54, 1.807) is 0 Å². The summed E-state index contributed by atoms with van der Waals surface area (Å²) in [5.74, 6) is 0. The Balaban J connectivity index is 0. The van der Waals surface area contributed by atoms with Gasteiger partial charge in [0.1, 0.15) is 0 Å². The molecule has 0 aromatic rings. The Labute approximate surface area is 62.6 Å². The molecule has 0 aromatic carbocycles. The third-order valence-corrected chi connectivity index (χ3v) is 0. The van der Waals surface area contributed by atoms with Crippen LogP contribution in [0.25, 0.3) is 0 Å². The van der Waals surface area contributed by atoms with E-state index in [1.807, 2.05) is 0 Å². The van der Waals surface area contributed by atoms with Crippen molar-refractivity contribution >= 4 is 24.1 Å². The highest BCUT2D eigenvalue weighted by Crippen LogP contribution is 2.25. The molecule has 0 bridgehead atoms. The first-order valence-corrected chi connectivity index (χ1v) is 5.23. The molecule has 0 spiro atoms. The molecule has 0 aliphatic heterocycles. The SMILES string of the molecule is C[CH](C)[AlH2].O=P(O)(O)O. The molecule has 0 saturated carbocycles. The van der Waals surface area contributed by atoms with Gasteiger partial charge in [0.2, 0.25) is 16.3 Å². The van der Waals surface area contributed by atoms with Gasteiger partial charge in [0, 0.05) is 0 Å². The van der Waals surface area contributed by atoms with Gasteiger partial charge in [-0.1, -0.05) is 18.6 Å². The Morgan fingerprint density at radius 2 is 1.33 bits per heavy atom. The van der Waals surface area contributed by atoms with E-state index in [-0.39, 0.29) is 0 Å². The molecular formula is C3H12AlO4P. The average molecular weight is 170 g/mol. The summed E-state index contributed by atoms with van der Waals surface area (Å²) >= 11 is 1.35. The molecule has 0 fully saturated rings. The van der Waals surface area contributed by atoms with Crippen LogP contribution in [-0.4, -0.2) is 31.0 Å². The summed E-state index contributed by atoms with van der Waals surface area (Å²) < 4.78 is 9.85. The first-order chi connectivity index (χ1) is 3.73. The van der Waals surface area contributed by atoms with Crippen molar-refractivity contribution in [3.8, 4) is 0 Å². The van der Waals surface area contributed by atoms with Crippen LogP contribution in [-0.2, 0) is 4.57 Å². The molecule has 0 aromatic heterocycles. The van der Waals surface area contributed by atoms with Crippen molar-refractivity contribution in [2.24, 2.45) is 0 Å². The lowest BCUT2D eigenvalue weighted by Crippen LogP contribution is -1.67. The van der Waals surface area contributed by atoms with Gasteiger partial charge in [-0.15, -0.1) is 0 Å². The lowest BCUT2D eigenvalue weighted by atomic mass is 10.6. The summed E-state index contributed by atoms with van der Waals surface area (Å²) in [6.45, 7) is 4.46. The first kappa shape index (κ1) is 12.3. The Kier molecular flexibility index (Phi) is 7.44. The van der Waals surface area contributed by atoms with Gasteiger partial charge in [-0.25, -0.2) is 4.57 Å². The molecule has 0 rings (SSSR count). The van der Waals surface area contributed by atoms with Gasteiger partial charge < -0.3 is 14.7 Å². The zero-order valence-electron chi connectivity index (χ0n) is 5.77. The van der Waals surface area contributed by atoms with Crippen LogP contribution >= 0.6 is 7.82 Å². The topological polar surface area (TPSA) is 77.8 Å². The smallest absolute Gasteiger partial charge is 0.303 e. The lowest BCUT2D eigenvalue weighted by molar-refractivity contribution is 0.275. The van der Waals surface area contributed by atoms with Gasteiger partial charge in [-0.3, -0.25) is 0 Å². The number of phosphoric acid groups is 1. The van der Waals surface area contributed by atoms with E-state index in [0.29, 0.717) is 0 Å². The second-order valence-corrected chi connectivity index (χ2v) is 5.58. The van der Waals surface area contributed by atoms with Gasteiger partial charge in [-0.2, -0.15) is 0 Å². The van der Waals surface area contributed by atoms with E-state index in [1.165, 1.54) is 16.3 Å². The molecular weight excluding hydrogens is 158 g/mol. The molecule has 4 nitrogen and oxygen atoms in total. The predicted octanol–water partition coefficient (Wildman–Crippen LogP) is -0.481. The maximum atomic E-state index is 8.88. The zero-order chi connectivity index (χ0) is 8.08. The number of rotatable bonds is 0. The van der Waals surface area contributed by atoms with Crippen LogP contribution in [0.2, 0.25) is 4.78 Å². The third kappa shape index (κ3) is 924. The van der Waals surface area contributed by atoms with E-state index in [2.05, 4.69) is 13.8 Å². The fourth-order valence-corrected chi connectivity index (χ4v) is 0. The summed E-state index contributed by atoms with van der Waals surface area (Å²) in [6.07, 6.45) is 0. The monoisotopic (exact) mass is 170 g/mol. The Morgan fingerprint density at radius 3 is 1.33 bits per heavy atom. The minimum Gasteiger partial charge on any atom is -0.303 e. The van der Waals surface area contributed by atoms with Crippen molar-refractivity contribution in [1.29, 1.82) is 0 Å². The highest BCUT2D eigenvalue weighted by Gasteiger charge is 2.00. The van der Waals surface area contributed by atoms with Crippen molar-refractivity contribution in [2.45, 2.75) is 18.6 Å². The standard InChI is InChI=1S/C3H7.Al.H3O4P.2H/c1-3-2;;1-5(2,3)4;;/h3H,1-2H3;;(H3,1,2,3,4);;. The quantitative estimate of drug-likeness (QED) is 0.339. The van der Waals surface area contributed by atoms with Gasteiger partial charge in [0.15, 0.2) is 0 Å². The van der Waals surface area contributed by atoms with E-state index in [0.717, 1.165) is 4.78 Å². The van der Waals surface area contributed by atoms with Crippen molar-refractivity contribution in [2.75, 3.05) is 0 Å². The highest BCUT2D eigenvalue weighted by atomic mass is 31.2. The normalized spacial score (nSPS) is 10.4. The maximum Gasteiger partial charge on any atom is 0.466 e. The van der Waals surface area contributed by atoms with Crippen LogP contribution in [0.5, 0.6) is 0 Å². The van der Waals surface area contributed by atoms with Crippen molar-refractivity contribution in [3.05, 3.63) is 0 Å². The zero-order valence-corrected chi connectivity index (χ0v) is 8.67. The summed E-state index contributed by atoms with van der Waals surface area (Å²) in [7, 11) is -4.64. The van der Waals surface area contributed by atoms with Gasteiger partial charge >= 0.3 is 7.82 Å². The molecule has 0 heterocycles. The third-order valence-electron chi connectivity index (χ3n) is 0. The van der Waals surface area contributed by atoms with Crippen LogP contribution < -0.4 is 0 Å².